The van der Waals surface area contributed by atoms with Crippen LogP contribution in [0.2, 0.25) is 0 Å². The van der Waals surface area contributed by atoms with Gasteiger partial charge in [-0.05, 0) is 62.2 Å². The van der Waals surface area contributed by atoms with Crippen molar-refractivity contribution >= 4 is 40.9 Å². The first-order valence-electron chi connectivity index (χ1n) is 11.8. The molecule has 2 amide bonds. The lowest BCUT2D eigenvalue weighted by Crippen LogP contribution is -2.30. The molecule has 4 rings (SSSR count). The van der Waals surface area contributed by atoms with Gasteiger partial charge in [0.25, 0.3) is 5.91 Å². The second-order valence-electron chi connectivity index (χ2n) is 8.35. The van der Waals surface area contributed by atoms with Crippen LogP contribution in [-0.4, -0.2) is 29.6 Å². The fourth-order valence-corrected chi connectivity index (χ4v) is 5.14. The van der Waals surface area contributed by atoms with Gasteiger partial charge in [-0.15, -0.1) is 0 Å². The molecule has 0 spiro atoms. The van der Waals surface area contributed by atoms with Gasteiger partial charge in [0.05, 0.1) is 17.4 Å². The highest BCUT2D eigenvalue weighted by Crippen LogP contribution is 2.42. The van der Waals surface area contributed by atoms with E-state index >= 15 is 0 Å². The summed E-state index contributed by atoms with van der Waals surface area (Å²) in [5.41, 5.74) is 3.32. The Morgan fingerprint density at radius 3 is 2.32 bits per heavy atom. The Morgan fingerprint density at radius 1 is 1.03 bits per heavy atom. The highest BCUT2D eigenvalue weighted by molar-refractivity contribution is 8.05. The maximum absolute atomic E-state index is 13.6. The Labute approximate surface area is 219 Å². The van der Waals surface area contributed by atoms with Gasteiger partial charge >= 0.3 is 5.97 Å². The number of rotatable bonds is 7. The van der Waals surface area contributed by atoms with Crippen LogP contribution in [0.1, 0.15) is 28.4 Å². The first-order chi connectivity index (χ1) is 17.9. The van der Waals surface area contributed by atoms with Crippen molar-refractivity contribution < 1.29 is 19.1 Å². The number of para-hydroxylation sites is 1. The average Bonchev–Trinajstić information content (AvgIpc) is 3.22. The molecule has 0 unspecified atom stereocenters. The molecule has 37 heavy (non-hydrogen) atoms. The summed E-state index contributed by atoms with van der Waals surface area (Å²) >= 11 is 1.19. The lowest BCUT2D eigenvalue weighted by Gasteiger charge is -2.18. The number of ether oxygens (including phenoxy) is 1. The highest BCUT2D eigenvalue weighted by Gasteiger charge is 2.40. The van der Waals surface area contributed by atoms with Crippen LogP contribution >= 0.6 is 11.8 Å². The van der Waals surface area contributed by atoms with Crippen LogP contribution in [-0.2, 0) is 20.7 Å². The summed E-state index contributed by atoms with van der Waals surface area (Å²) in [4.78, 5) is 40.1. The zero-order valence-electron chi connectivity index (χ0n) is 20.4. The molecular formula is C29H25N3O4S. The quantitative estimate of drug-likeness (QED) is 0.265. The molecular weight excluding hydrogens is 486 g/mol. The first-order valence-corrected chi connectivity index (χ1v) is 12.6. The normalized spacial score (nSPS) is 16.2. The number of thioether (sulfide) groups is 1. The Hall–Kier alpha value is -4.35. The number of aryl methyl sites for hydroxylation is 1. The zero-order valence-corrected chi connectivity index (χ0v) is 21.2. The van der Waals surface area contributed by atoms with Crippen LogP contribution in [0.5, 0.6) is 0 Å². The van der Waals surface area contributed by atoms with Gasteiger partial charge in [0.15, 0.2) is 0 Å². The maximum atomic E-state index is 13.6. The molecule has 186 valence electrons. The third-order valence-corrected chi connectivity index (χ3v) is 6.98. The lowest BCUT2D eigenvalue weighted by atomic mass is 10.1. The number of amides is 2. The van der Waals surface area contributed by atoms with E-state index in [1.165, 1.54) is 16.7 Å². The predicted molar refractivity (Wildman–Crippen MR) is 144 cm³/mol. The van der Waals surface area contributed by atoms with Crippen LogP contribution in [0, 0.1) is 18.3 Å². The molecule has 1 saturated heterocycles. The minimum absolute atomic E-state index is 0.136. The van der Waals surface area contributed by atoms with E-state index in [2.05, 4.69) is 5.32 Å². The number of carbonyl (C=O) groups is 3. The third kappa shape index (κ3) is 5.90. The largest absolute Gasteiger partial charge is 0.462 e. The van der Waals surface area contributed by atoms with Crippen molar-refractivity contribution in [3.8, 4) is 6.07 Å². The summed E-state index contributed by atoms with van der Waals surface area (Å²) in [5, 5.41) is 12.5. The van der Waals surface area contributed by atoms with Gasteiger partial charge in [0.1, 0.15) is 16.7 Å². The van der Waals surface area contributed by atoms with Gasteiger partial charge in [-0.3, -0.25) is 14.5 Å². The average molecular weight is 512 g/mol. The van der Waals surface area contributed by atoms with E-state index in [9.17, 15) is 19.6 Å². The van der Waals surface area contributed by atoms with Crippen molar-refractivity contribution in [1.82, 2.24) is 0 Å². The van der Waals surface area contributed by atoms with E-state index in [0.717, 1.165) is 11.1 Å². The van der Waals surface area contributed by atoms with E-state index in [-0.39, 0.29) is 23.1 Å². The summed E-state index contributed by atoms with van der Waals surface area (Å²) < 4.78 is 5.03. The molecule has 0 bridgehead atoms. The SMILES string of the molecule is CCOC(=O)c1ccc(C[C@H]2S/C(=C(/C#N)C(=O)Nc3ccc(C)cc3)N(c3ccccc3)C2=O)cc1. The minimum Gasteiger partial charge on any atom is -0.462 e. The lowest BCUT2D eigenvalue weighted by molar-refractivity contribution is -0.117. The molecule has 1 aliphatic heterocycles. The predicted octanol–water partition coefficient (Wildman–Crippen LogP) is 5.24. The van der Waals surface area contributed by atoms with Crippen LogP contribution in [0.15, 0.2) is 89.5 Å². The van der Waals surface area contributed by atoms with Gasteiger partial charge in [-0.25, -0.2) is 4.79 Å². The second-order valence-corrected chi connectivity index (χ2v) is 9.54. The van der Waals surface area contributed by atoms with Crippen molar-refractivity contribution in [2.75, 3.05) is 16.8 Å². The van der Waals surface area contributed by atoms with Crippen LogP contribution < -0.4 is 10.2 Å². The van der Waals surface area contributed by atoms with Gasteiger partial charge in [0.2, 0.25) is 5.91 Å². The van der Waals surface area contributed by atoms with Crippen molar-refractivity contribution in [2.24, 2.45) is 0 Å². The summed E-state index contributed by atoms with van der Waals surface area (Å²) in [7, 11) is 0. The van der Waals surface area contributed by atoms with Crippen LogP contribution in [0.3, 0.4) is 0 Å². The molecule has 1 N–H and O–H groups in total. The second kappa shape index (κ2) is 11.6. The minimum atomic E-state index is -0.581. The molecule has 1 heterocycles. The highest BCUT2D eigenvalue weighted by atomic mass is 32.2. The first kappa shape index (κ1) is 25.7. The van der Waals surface area contributed by atoms with E-state index in [1.54, 1.807) is 67.6 Å². The molecule has 3 aromatic carbocycles. The fourth-order valence-electron chi connectivity index (χ4n) is 3.83. The standard InChI is InChI=1S/C29H25N3O4S/c1-3-36-29(35)21-13-11-20(12-14-21)17-25-27(34)32(23-7-5-4-6-8-23)28(37-25)24(18-30)26(33)31-22-15-9-19(2)10-16-22/h4-16,25H,3,17H2,1-2H3,(H,31,33)/b28-24-/t25-/m1/s1. The summed E-state index contributed by atoms with van der Waals surface area (Å²) in [6.07, 6.45) is 0.359. The zero-order chi connectivity index (χ0) is 26.4. The number of nitrogens with one attached hydrogen (secondary N) is 1. The molecule has 0 aromatic heterocycles. The number of anilines is 2. The summed E-state index contributed by atoms with van der Waals surface area (Å²) in [6.45, 7) is 3.98. The molecule has 0 aliphatic carbocycles. The molecule has 0 saturated carbocycles. The van der Waals surface area contributed by atoms with Gasteiger partial charge in [0, 0.05) is 11.4 Å². The number of carbonyl (C=O) groups excluding carboxylic acids is 3. The smallest absolute Gasteiger partial charge is 0.338 e. The number of hydrogen-bond acceptors (Lipinski definition) is 6. The molecule has 1 atom stereocenters. The Kier molecular flexibility index (Phi) is 8.06. The van der Waals surface area contributed by atoms with E-state index in [4.69, 9.17) is 4.74 Å². The van der Waals surface area contributed by atoms with Crippen molar-refractivity contribution in [1.29, 1.82) is 5.26 Å². The number of hydrogen-bond donors (Lipinski definition) is 1. The molecule has 7 nitrogen and oxygen atoms in total. The van der Waals surface area contributed by atoms with E-state index in [0.29, 0.717) is 23.4 Å². The van der Waals surface area contributed by atoms with E-state index in [1.807, 2.05) is 31.2 Å². The maximum Gasteiger partial charge on any atom is 0.338 e. The monoisotopic (exact) mass is 511 g/mol. The summed E-state index contributed by atoms with van der Waals surface area (Å²) in [6, 6.07) is 25.1. The van der Waals surface area contributed by atoms with Gasteiger partial charge in [-0.2, -0.15) is 5.26 Å². The molecule has 8 heteroatoms. The van der Waals surface area contributed by atoms with Crippen LogP contribution in [0.4, 0.5) is 11.4 Å². The van der Waals surface area contributed by atoms with Gasteiger partial charge in [-0.1, -0.05) is 59.8 Å². The van der Waals surface area contributed by atoms with Gasteiger partial charge < -0.3 is 10.1 Å². The number of nitrogens with zero attached hydrogens (tertiary/aromatic N) is 2. The van der Waals surface area contributed by atoms with E-state index < -0.39 is 17.1 Å². The third-order valence-electron chi connectivity index (χ3n) is 5.72. The summed E-state index contributed by atoms with van der Waals surface area (Å²) in [5.74, 6) is -1.21. The Balaban J connectivity index is 1.64. The van der Waals surface area contributed by atoms with Crippen LogP contribution in [0.25, 0.3) is 0 Å². The molecule has 0 radical (unpaired) electrons. The number of benzene rings is 3. The molecule has 1 fully saturated rings. The number of nitriles is 1. The van der Waals surface area contributed by atoms with Crippen molar-refractivity contribution in [3.05, 3.63) is 106 Å². The topological polar surface area (TPSA) is 99.5 Å². The van der Waals surface area contributed by atoms with Crippen molar-refractivity contribution in [3.63, 3.8) is 0 Å². The number of esters is 1. The fraction of sp³-hybridized carbons (Fsp3) is 0.172. The Morgan fingerprint density at radius 2 is 1.70 bits per heavy atom. The Bertz CT molecular complexity index is 1380. The molecule has 3 aromatic rings. The van der Waals surface area contributed by atoms with Crippen molar-refractivity contribution in [2.45, 2.75) is 25.5 Å². The molecule has 1 aliphatic rings.